The lowest BCUT2D eigenvalue weighted by atomic mass is 9.75. The molecule has 1 amide bonds. The molecule has 1 saturated heterocycles. The van der Waals surface area contributed by atoms with Crippen LogP contribution in [0.4, 0.5) is 0 Å². The van der Waals surface area contributed by atoms with Crippen LogP contribution in [0.2, 0.25) is 0 Å². The van der Waals surface area contributed by atoms with Crippen LogP contribution >= 0.6 is 0 Å². The molecule has 0 bridgehead atoms. The van der Waals surface area contributed by atoms with Gasteiger partial charge in [-0.05, 0) is 0 Å². The Balaban J connectivity index is 2.82. The highest BCUT2D eigenvalue weighted by Crippen LogP contribution is 2.37. The molecule has 0 spiro atoms. The Morgan fingerprint density at radius 3 is 2.80 bits per heavy atom. The van der Waals surface area contributed by atoms with E-state index in [0.29, 0.717) is 0 Å². The SMILES string of the molecule is CC1(C)[C@H](O)C[C@@H](C(N)=O)O[C@H]1CC#N. The van der Waals surface area contributed by atoms with Crippen molar-refractivity contribution in [3.8, 4) is 6.07 Å². The molecule has 3 N–H and O–H groups in total. The van der Waals surface area contributed by atoms with Crippen molar-refractivity contribution in [1.29, 1.82) is 5.26 Å². The molecular weight excluding hydrogens is 196 g/mol. The quantitative estimate of drug-likeness (QED) is 0.669. The highest BCUT2D eigenvalue weighted by atomic mass is 16.5. The number of ether oxygens (including phenoxy) is 1. The van der Waals surface area contributed by atoms with Crippen molar-refractivity contribution >= 4 is 5.91 Å². The van der Waals surface area contributed by atoms with Crippen molar-refractivity contribution in [2.45, 2.75) is 45.0 Å². The first-order chi connectivity index (χ1) is 6.89. The second-order valence-electron chi connectivity index (χ2n) is 4.45. The predicted molar refractivity (Wildman–Crippen MR) is 52.5 cm³/mol. The molecule has 5 heteroatoms. The molecule has 0 aromatic heterocycles. The fourth-order valence-corrected chi connectivity index (χ4v) is 1.73. The standard InChI is InChI=1S/C10H16N2O3/c1-10(2)7(13)5-6(9(12)14)15-8(10)3-4-11/h6-8,13H,3,5H2,1-2H3,(H2,12,14)/t6-,7+,8-/m0/s1. The van der Waals surface area contributed by atoms with E-state index in [9.17, 15) is 9.90 Å². The van der Waals surface area contributed by atoms with E-state index in [4.69, 9.17) is 15.7 Å². The number of amides is 1. The van der Waals surface area contributed by atoms with Gasteiger partial charge in [-0.15, -0.1) is 0 Å². The van der Waals surface area contributed by atoms with Crippen LogP contribution in [0.3, 0.4) is 0 Å². The second-order valence-corrected chi connectivity index (χ2v) is 4.45. The van der Waals surface area contributed by atoms with E-state index in [1.54, 1.807) is 0 Å². The van der Waals surface area contributed by atoms with E-state index in [0.717, 1.165) is 0 Å². The summed E-state index contributed by atoms with van der Waals surface area (Å²) in [4.78, 5) is 11.0. The van der Waals surface area contributed by atoms with Gasteiger partial charge in [0, 0.05) is 11.8 Å². The lowest BCUT2D eigenvalue weighted by molar-refractivity contribution is -0.179. The minimum atomic E-state index is -0.786. The molecule has 0 aromatic carbocycles. The van der Waals surface area contributed by atoms with E-state index in [-0.39, 0.29) is 12.8 Å². The average Bonchev–Trinajstić information content (AvgIpc) is 2.13. The largest absolute Gasteiger partial charge is 0.392 e. The number of hydrogen-bond acceptors (Lipinski definition) is 4. The molecule has 5 nitrogen and oxygen atoms in total. The minimum Gasteiger partial charge on any atom is -0.392 e. The van der Waals surface area contributed by atoms with Gasteiger partial charge in [0.05, 0.1) is 24.7 Å². The van der Waals surface area contributed by atoms with Crippen LogP contribution in [0, 0.1) is 16.7 Å². The second kappa shape index (κ2) is 4.17. The average molecular weight is 212 g/mol. The van der Waals surface area contributed by atoms with Crippen LogP contribution in [-0.4, -0.2) is 29.3 Å². The number of carbonyl (C=O) groups is 1. The number of aliphatic hydroxyl groups excluding tert-OH is 1. The Bertz CT molecular complexity index is 296. The molecule has 0 radical (unpaired) electrons. The van der Waals surface area contributed by atoms with Gasteiger partial charge < -0.3 is 15.6 Å². The molecule has 3 atom stereocenters. The third-order valence-corrected chi connectivity index (χ3v) is 3.05. The zero-order valence-corrected chi connectivity index (χ0v) is 8.93. The maximum absolute atomic E-state index is 11.0. The summed E-state index contributed by atoms with van der Waals surface area (Å²) in [6.07, 6.45) is -1.57. The van der Waals surface area contributed by atoms with Gasteiger partial charge in [0.2, 0.25) is 5.91 Å². The molecule has 0 unspecified atom stereocenters. The summed E-state index contributed by atoms with van der Waals surface area (Å²) in [6, 6.07) is 1.98. The van der Waals surface area contributed by atoms with E-state index >= 15 is 0 Å². The number of nitrogens with zero attached hydrogens (tertiary/aromatic N) is 1. The van der Waals surface area contributed by atoms with Crippen LogP contribution in [0.15, 0.2) is 0 Å². The smallest absolute Gasteiger partial charge is 0.246 e. The molecule has 1 heterocycles. The molecule has 0 saturated carbocycles. The lowest BCUT2D eigenvalue weighted by Crippen LogP contribution is -2.53. The third kappa shape index (κ3) is 2.28. The number of nitriles is 1. The Morgan fingerprint density at radius 2 is 2.33 bits per heavy atom. The summed E-state index contributed by atoms with van der Waals surface area (Å²) >= 11 is 0. The maximum Gasteiger partial charge on any atom is 0.246 e. The molecule has 1 aliphatic heterocycles. The highest BCUT2D eigenvalue weighted by Gasteiger charge is 2.45. The van der Waals surface area contributed by atoms with E-state index < -0.39 is 29.6 Å². The first kappa shape index (κ1) is 12.0. The zero-order valence-electron chi connectivity index (χ0n) is 8.93. The Kier molecular flexibility index (Phi) is 3.32. The third-order valence-electron chi connectivity index (χ3n) is 3.05. The van der Waals surface area contributed by atoms with Crippen molar-refractivity contribution in [3.63, 3.8) is 0 Å². The van der Waals surface area contributed by atoms with Crippen LogP contribution in [0.5, 0.6) is 0 Å². The molecular formula is C10H16N2O3. The molecule has 1 aliphatic rings. The summed E-state index contributed by atoms with van der Waals surface area (Å²) in [6.45, 7) is 3.63. The number of rotatable bonds is 2. The first-order valence-corrected chi connectivity index (χ1v) is 4.89. The first-order valence-electron chi connectivity index (χ1n) is 4.89. The minimum absolute atomic E-state index is 0.147. The van der Waals surface area contributed by atoms with Crippen molar-refractivity contribution < 1.29 is 14.6 Å². The Hall–Kier alpha value is -1.12. The van der Waals surface area contributed by atoms with Gasteiger partial charge in [0.1, 0.15) is 6.10 Å². The lowest BCUT2D eigenvalue weighted by Gasteiger charge is -2.44. The fourth-order valence-electron chi connectivity index (χ4n) is 1.73. The molecule has 1 rings (SSSR count). The number of nitrogens with two attached hydrogens (primary N) is 1. The van der Waals surface area contributed by atoms with Crippen molar-refractivity contribution in [2.75, 3.05) is 0 Å². The number of hydrogen-bond donors (Lipinski definition) is 2. The molecule has 0 aromatic rings. The van der Waals surface area contributed by atoms with E-state index in [1.165, 1.54) is 0 Å². The summed E-state index contributed by atoms with van der Waals surface area (Å²) in [5.41, 5.74) is 4.59. The van der Waals surface area contributed by atoms with Gasteiger partial charge in [-0.2, -0.15) is 5.26 Å². The number of primary amides is 1. The van der Waals surface area contributed by atoms with E-state index in [1.807, 2.05) is 19.9 Å². The van der Waals surface area contributed by atoms with Crippen molar-refractivity contribution in [2.24, 2.45) is 11.1 Å². The van der Waals surface area contributed by atoms with Crippen molar-refractivity contribution in [3.05, 3.63) is 0 Å². The van der Waals surface area contributed by atoms with Crippen LogP contribution in [0.25, 0.3) is 0 Å². The van der Waals surface area contributed by atoms with E-state index in [2.05, 4.69) is 0 Å². The maximum atomic E-state index is 11.0. The molecule has 84 valence electrons. The highest BCUT2D eigenvalue weighted by molar-refractivity contribution is 5.79. The Labute approximate surface area is 88.8 Å². The molecule has 15 heavy (non-hydrogen) atoms. The monoisotopic (exact) mass is 212 g/mol. The van der Waals surface area contributed by atoms with Gasteiger partial charge in [0.15, 0.2) is 0 Å². The van der Waals surface area contributed by atoms with Crippen LogP contribution < -0.4 is 5.73 Å². The van der Waals surface area contributed by atoms with Gasteiger partial charge in [-0.25, -0.2) is 0 Å². The predicted octanol–water partition coefficient (Wildman–Crippen LogP) is -0.0700. The van der Waals surface area contributed by atoms with Gasteiger partial charge >= 0.3 is 0 Å². The van der Waals surface area contributed by atoms with Crippen molar-refractivity contribution in [1.82, 2.24) is 0 Å². The normalized spacial score (nSPS) is 34.4. The summed E-state index contributed by atoms with van der Waals surface area (Å²) in [7, 11) is 0. The fraction of sp³-hybridized carbons (Fsp3) is 0.800. The topological polar surface area (TPSA) is 96.3 Å². The summed E-state index contributed by atoms with van der Waals surface area (Å²) in [5, 5.41) is 18.5. The molecule has 1 fully saturated rings. The summed E-state index contributed by atoms with van der Waals surface area (Å²) < 4.78 is 5.42. The van der Waals surface area contributed by atoms with Crippen LogP contribution in [-0.2, 0) is 9.53 Å². The summed E-state index contributed by atoms with van der Waals surface area (Å²) in [5.74, 6) is -0.590. The number of carbonyl (C=O) groups excluding carboxylic acids is 1. The number of aliphatic hydroxyl groups is 1. The zero-order chi connectivity index (χ0) is 11.6. The molecule has 0 aliphatic carbocycles. The van der Waals surface area contributed by atoms with Gasteiger partial charge in [0.25, 0.3) is 0 Å². The Morgan fingerprint density at radius 1 is 1.73 bits per heavy atom. The van der Waals surface area contributed by atoms with Gasteiger partial charge in [-0.1, -0.05) is 13.8 Å². The van der Waals surface area contributed by atoms with Gasteiger partial charge in [-0.3, -0.25) is 4.79 Å². The van der Waals surface area contributed by atoms with Crippen LogP contribution in [0.1, 0.15) is 26.7 Å².